The molecule has 0 atom stereocenters. The number of anilines is 1. The van der Waals surface area contributed by atoms with Crippen molar-refractivity contribution in [1.82, 2.24) is 9.55 Å². The van der Waals surface area contributed by atoms with Crippen LogP contribution in [0.5, 0.6) is 5.88 Å². The fourth-order valence-corrected chi connectivity index (χ4v) is 4.32. The first-order valence-corrected chi connectivity index (χ1v) is 11.5. The maximum Gasteiger partial charge on any atom is 0.225 e. The number of hydrogen-bond donors (Lipinski definition) is 2. The lowest BCUT2D eigenvalue weighted by molar-refractivity contribution is -0.116. The largest absolute Gasteiger partial charge is 0.494 e. The lowest BCUT2D eigenvalue weighted by Gasteiger charge is -2.12. The Bertz CT molecular complexity index is 1510. The van der Waals surface area contributed by atoms with Crippen LogP contribution in [0.15, 0.2) is 91.1 Å². The van der Waals surface area contributed by atoms with E-state index in [1.165, 1.54) is 24.3 Å². The van der Waals surface area contributed by atoms with Crippen molar-refractivity contribution in [3.05, 3.63) is 114 Å². The minimum Gasteiger partial charge on any atom is -0.494 e. The predicted molar refractivity (Wildman–Crippen MR) is 136 cm³/mol. The summed E-state index contributed by atoms with van der Waals surface area (Å²) in [6.07, 6.45) is 1.94. The van der Waals surface area contributed by atoms with Gasteiger partial charge in [-0.2, -0.15) is 0 Å². The second kappa shape index (κ2) is 10.00. The van der Waals surface area contributed by atoms with Crippen molar-refractivity contribution in [2.75, 3.05) is 5.32 Å². The van der Waals surface area contributed by atoms with E-state index in [4.69, 9.17) is 0 Å². The molecule has 5 rings (SSSR count). The summed E-state index contributed by atoms with van der Waals surface area (Å²) in [7, 11) is 0. The van der Waals surface area contributed by atoms with Crippen LogP contribution in [0, 0.1) is 11.6 Å². The average Bonchev–Trinajstić information content (AvgIpc) is 3.17. The van der Waals surface area contributed by atoms with Gasteiger partial charge in [-0.1, -0.05) is 48.5 Å². The van der Waals surface area contributed by atoms with E-state index in [0.717, 1.165) is 16.7 Å². The average molecular weight is 484 g/mol. The number of hydrogen-bond acceptors (Lipinski definition) is 3. The summed E-state index contributed by atoms with van der Waals surface area (Å²) >= 11 is 0. The van der Waals surface area contributed by atoms with Gasteiger partial charge < -0.3 is 15.0 Å². The van der Waals surface area contributed by atoms with Gasteiger partial charge in [0.1, 0.15) is 17.5 Å². The quantitative estimate of drug-likeness (QED) is 0.285. The SMILES string of the molecule is O=C(CCc1c2c(F)cccc2c(O)n1Cc1ccc(F)cc1)Nc1ccc(-c2ccccc2)cn1. The van der Waals surface area contributed by atoms with Crippen molar-refractivity contribution < 1.29 is 18.7 Å². The van der Waals surface area contributed by atoms with E-state index < -0.39 is 5.82 Å². The Balaban J connectivity index is 1.35. The maximum atomic E-state index is 14.8. The molecule has 5 aromatic rings. The molecule has 0 aliphatic carbocycles. The van der Waals surface area contributed by atoms with E-state index in [-0.39, 0.29) is 42.4 Å². The van der Waals surface area contributed by atoms with E-state index in [9.17, 15) is 18.7 Å². The Labute approximate surface area is 206 Å². The minimum atomic E-state index is -0.478. The Hall–Kier alpha value is -4.52. The Kier molecular flexibility index (Phi) is 6.45. The van der Waals surface area contributed by atoms with E-state index in [1.54, 1.807) is 35.0 Å². The first-order valence-electron chi connectivity index (χ1n) is 11.5. The standard InChI is InChI=1S/C29H23F2N3O2/c30-22-12-9-19(10-13-22)18-34-25(28-23(29(34)36)7-4-8-24(28)31)14-16-27(35)33-26-15-11-21(17-32-26)20-5-2-1-3-6-20/h1-13,15,17,36H,14,16,18H2,(H,32,33,35). The van der Waals surface area contributed by atoms with Crippen molar-refractivity contribution in [1.29, 1.82) is 0 Å². The van der Waals surface area contributed by atoms with Gasteiger partial charge in [-0.15, -0.1) is 0 Å². The molecule has 2 heterocycles. The van der Waals surface area contributed by atoms with E-state index in [0.29, 0.717) is 16.9 Å². The van der Waals surface area contributed by atoms with Crippen molar-refractivity contribution in [3.63, 3.8) is 0 Å². The number of aromatic nitrogens is 2. The topological polar surface area (TPSA) is 67.2 Å². The number of halogens is 2. The molecule has 3 aromatic carbocycles. The highest BCUT2D eigenvalue weighted by Gasteiger charge is 2.20. The van der Waals surface area contributed by atoms with Crippen LogP contribution in [0.4, 0.5) is 14.6 Å². The van der Waals surface area contributed by atoms with Gasteiger partial charge in [0.05, 0.1) is 6.54 Å². The Morgan fingerprint density at radius 1 is 0.889 bits per heavy atom. The first kappa shape index (κ1) is 23.2. The minimum absolute atomic E-state index is 0.0540. The summed E-state index contributed by atoms with van der Waals surface area (Å²) in [6.45, 7) is 0.208. The summed E-state index contributed by atoms with van der Waals surface area (Å²) in [5, 5.41) is 14.3. The number of nitrogens with zero attached hydrogens (tertiary/aromatic N) is 2. The molecule has 0 aliphatic rings. The van der Waals surface area contributed by atoms with Crippen molar-refractivity contribution >= 4 is 22.5 Å². The van der Waals surface area contributed by atoms with Gasteiger partial charge in [0.2, 0.25) is 5.91 Å². The number of benzene rings is 3. The van der Waals surface area contributed by atoms with Crippen molar-refractivity contribution in [3.8, 4) is 17.0 Å². The maximum absolute atomic E-state index is 14.8. The van der Waals surface area contributed by atoms with Gasteiger partial charge >= 0.3 is 0 Å². The molecule has 7 heteroatoms. The van der Waals surface area contributed by atoms with Gasteiger partial charge in [0.25, 0.3) is 0 Å². The van der Waals surface area contributed by atoms with Crippen LogP contribution in [0.1, 0.15) is 17.7 Å². The number of aromatic hydroxyl groups is 1. The number of carbonyl (C=O) groups excluding carboxylic acids is 1. The molecule has 0 saturated heterocycles. The molecule has 0 bridgehead atoms. The summed E-state index contributed by atoms with van der Waals surface area (Å²) in [5.74, 6) is -0.806. The third kappa shape index (κ3) is 4.81. The zero-order valence-electron chi connectivity index (χ0n) is 19.3. The monoisotopic (exact) mass is 483 g/mol. The van der Waals surface area contributed by atoms with Gasteiger partial charge in [0, 0.05) is 34.6 Å². The molecule has 5 nitrogen and oxygen atoms in total. The fraction of sp³-hybridized carbons (Fsp3) is 0.103. The molecular formula is C29H23F2N3O2. The van der Waals surface area contributed by atoms with Crippen molar-refractivity contribution in [2.24, 2.45) is 0 Å². The Morgan fingerprint density at radius 3 is 2.39 bits per heavy atom. The van der Waals surface area contributed by atoms with E-state index in [1.807, 2.05) is 36.4 Å². The predicted octanol–water partition coefficient (Wildman–Crippen LogP) is 6.31. The summed E-state index contributed by atoms with van der Waals surface area (Å²) in [4.78, 5) is 17.0. The molecule has 2 aromatic heterocycles. The highest BCUT2D eigenvalue weighted by atomic mass is 19.1. The van der Waals surface area contributed by atoms with Crippen LogP contribution in [0.2, 0.25) is 0 Å². The molecule has 0 saturated carbocycles. The second-order valence-electron chi connectivity index (χ2n) is 8.49. The molecular weight excluding hydrogens is 460 g/mol. The molecule has 36 heavy (non-hydrogen) atoms. The molecule has 0 spiro atoms. The molecule has 0 fully saturated rings. The second-order valence-corrected chi connectivity index (χ2v) is 8.49. The van der Waals surface area contributed by atoms with Crippen LogP contribution >= 0.6 is 0 Å². The van der Waals surface area contributed by atoms with Crippen LogP contribution < -0.4 is 5.32 Å². The number of amides is 1. The fourth-order valence-electron chi connectivity index (χ4n) is 4.32. The van der Waals surface area contributed by atoms with Gasteiger partial charge in [0.15, 0.2) is 5.88 Å². The smallest absolute Gasteiger partial charge is 0.225 e. The highest BCUT2D eigenvalue weighted by Crippen LogP contribution is 2.35. The summed E-state index contributed by atoms with van der Waals surface area (Å²) in [5.41, 5.74) is 3.19. The van der Waals surface area contributed by atoms with Crippen LogP contribution in [0.25, 0.3) is 21.9 Å². The Morgan fingerprint density at radius 2 is 1.67 bits per heavy atom. The molecule has 180 valence electrons. The molecule has 0 unspecified atom stereocenters. The van der Waals surface area contributed by atoms with Gasteiger partial charge in [-0.25, -0.2) is 13.8 Å². The number of pyridine rings is 1. The van der Waals surface area contributed by atoms with Crippen LogP contribution in [0.3, 0.4) is 0 Å². The number of aryl methyl sites for hydroxylation is 1. The van der Waals surface area contributed by atoms with Crippen molar-refractivity contribution in [2.45, 2.75) is 19.4 Å². The number of rotatable bonds is 7. The molecule has 1 amide bonds. The lowest BCUT2D eigenvalue weighted by Crippen LogP contribution is -2.15. The lowest BCUT2D eigenvalue weighted by atomic mass is 10.1. The van der Waals surface area contributed by atoms with Crippen LogP contribution in [-0.4, -0.2) is 20.6 Å². The zero-order chi connectivity index (χ0) is 25.1. The third-order valence-electron chi connectivity index (χ3n) is 6.11. The number of nitrogens with one attached hydrogen (secondary N) is 1. The summed E-state index contributed by atoms with van der Waals surface area (Å²) in [6, 6.07) is 23.8. The van der Waals surface area contributed by atoms with Gasteiger partial charge in [-0.3, -0.25) is 4.79 Å². The number of carbonyl (C=O) groups is 1. The normalized spacial score (nSPS) is 11.1. The van der Waals surface area contributed by atoms with E-state index >= 15 is 0 Å². The molecule has 0 aliphatic heterocycles. The molecule has 2 N–H and O–H groups in total. The summed E-state index contributed by atoms with van der Waals surface area (Å²) < 4.78 is 29.7. The first-order chi connectivity index (χ1) is 17.5. The molecule has 0 radical (unpaired) electrons. The third-order valence-corrected chi connectivity index (χ3v) is 6.11. The van der Waals surface area contributed by atoms with E-state index in [2.05, 4.69) is 10.3 Å². The van der Waals surface area contributed by atoms with Gasteiger partial charge in [-0.05, 0) is 53.9 Å². The zero-order valence-corrected chi connectivity index (χ0v) is 19.3. The number of fused-ring (bicyclic) bond motifs is 1. The highest BCUT2D eigenvalue weighted by molar-refractivity contribution is 5.93. The van der Waals surface area contributed by atoms with Crippen LogP contribution in [-0.2, 0) is 17.8 Å².